The van der Waals surface area contributed by atoms with Crippen molar-refractivity contribution in [3.05, 3.63) is 0 Å². The van der Waals surface area contributed by atoms with E-state index in [4.69, 9.17) is 19.3 Å². The fraction of sp³-hybridized carbons (Fsp3) is 0.786. The Kier molecular flexibility index (Phi) is 4.82. The zero-order valence-electron chi connectivity index (χ0n) is 12.1. The van der Waals surface area contributed by atoms with Gasteiger partial charge in [0, 0.05) is 19.8 Å². The molecule has 2 unspecified atom stereocenters. The first-order valence-corrected chi connectivity index (χ1v) is 7.08. The third-order valence-corrected chi connectivity index (χ3v) is 3.70. The molecule has 4 atom stereocenters. The fourth-order valence-corrected chi connectivity index (χ4v) is 2.74. The van der Waals surface area contributed by atoms with Crippen LogP contribution < -0.4 is 0 Å². The minimum atomic E-state index is -0.975. The molecule has 21 heavy (non-hydrogen) atoms. The zero-order chi connectivity index (χ0) is 15.6. The minimum Gasteiger partial charge on any atom is -0.481 e. The number of hydrogen-bond donors (Lipinski definition) is 1. The van der Waals surface area contributed by atoms with E-state index in [-0.39, 0.29) is 24.4 Å². The molecule has 2 aliphatic rings. The largest absolute Gasteiger partial charge is 0.481 e. The van der Waals surface area contributed by atoms with Gasteiger partial charge in [-0.3, -0.25) is 14.4 Å². The van der Waals surface area contributed by atoms with Crippen molar-refractivity contribution in [3.8, 4) is 0 Å². The molecule has 0 aromatic rings. The summed E-state index contributed by atoms with van der Waals surface area (Å²) in [7, 11) is 0. The van der Waals surface area contributed by atoms with Crippen molar-refractivity contribution >= 4 is 17.9 Å². The van der Waals surface area contributed by atoms with Crippen LogP contribution in [-0.2, 0) is 28.6 Å². The normalized spacial score (nSPS) is 29.7. The third kappa shape index (κ3) is 4.42. The number of aliphatic carboxylic acids is 1. The van der Waals surface area contributed by atoms with Gasteiger partial charge in [0.05, 0.1) is 12.5 Å². The molecule has 2 rings (SSSR count). The lowest BCUT2D eigenvalue weighted by molar-refractivity contribution is -0.192. The van der Waals surface area contributed by atoms with E-state index in [0.717, 1.165) is 12.8 Å². The Morgan fingerprint density at radius 1 is 1.24 bits per heavy atom. The van der Waals surface area contributed by atoms with E-state index in [0.29, 0.717) is 6.42 Å². The van der Waals surface area contributed by atoms with Gasteiger partial charge in [0.15, 0.2) is 0 Å². The van der Waals surface area contributed by atoms with Crippen molar-refractivity contribution in [1.82, 2.24) is 0 Å². The van der Waals surface area contributed by atoms with Crippen molar-refractivity contribution in [2.24, 2.45) is 11.8 Å². The molecule has 118 valence electrons. The van der Waals surface area contributed by atoms with Crippen molar-refractivity contribution < 1.29 is 33.7 Å². The summed E-state index contributed by atoms with van der Waals surface area (Å²) in [4.78, 5) is 33.2. The van der Waals surface area contributed by atoms with Gasteiger partial charge in [0.25, 0.3) is 0 Å². The monoisotopic (exact) mass is 300 g/mol. The number of hydrogen-bond acceptors (Lipinski definition) is 6. The van der Waals surface area contributed by atoms with Crippen LogP contribution in [0.3, 0.4) is 0 Å². The van der Waals surface area contributed by atoms with E-state index in [2.05, 4.69) is 0 Å². The molecule has 0 aromatic carbocycles. The Morgan fingerprint density at radius 2 is 1.90 bits per heavy atom. The summed E-state index contributed by atoms with van der Waals surface area (Å²) in [5.74, 6) is -2.06. The van der Waals surface area contributed by atoms with Crippen LogP contribution in [0.5, 0.6) is 0 Å². The molecule has 0 radical (unpaired) electrons. The molecule has 1 saturated heterocycles. The Hall–Kier alpha value is -1.63. The summed E-state index contributed by atoms with van der Waals surface area (Å²) in [6.07, 6.45) is 0.471. The SMILES string of the molecule is CC(=O)OC1O[C@H](C(OC(C)=O)C2CC2)C[C@@H]1CC(=O)O. The highest BCUT2D eigenvalue weighted by Crippen LogP contribution is 2.42. The lowest BCUT2D eigenvalue weighted by Crippen LogP contribution is -2.33. The number of carbonyl (C=O) groups is 3. The third-order valence-electron chi connectivity index (χ3n) is 3.70. The number of carboxylic acid groups (broad SMARTS) is 1. The Balaban J connectivity index is 2.04. The van der Waals surface area contributed by atoms with E-state index in [1.807, 2.05) is 0 Å². The molecule has 7 heteroatoms. The maximum absolute atomic E-state index is 11.2. The molecular formula is C14H20O7. The summed E-state index contributed by atoms with van der Waals surface area (Å²) >= 11 is 0. The molecular weight excluding hydrogens is 280 g/mol. The molecule has 0 aromatic heterocycles. The van der Waals surface area contributed by atoms with E-state index in [9.17, 15) is 14.4 Å². The van der Waals surface area contributed by atoms with Gasteiger partial charge in [-0.1, -0.05) is 0 Å². The maximum atomic E-state index is 11.2. The molecule has 1 aliphatic carbocycles. The average molecular weight is 300 g/mol. The first kappa shape index (κ1) is 15.8. The maximum Gasteiger partial charge on any atom is 0.304 e. The van der Waals surface area contributed by atoms with Gasteiger partial charge < -0.3 is 19.3 Å². The van der Waals surface area contributed by atoms with Crippen LogP contribution in [0.2, 0.25) is 0 Å². The van der Waals surface area contributed by atoms with Gasteiger partial charge in [0.1, 0.15) is 6.10 Å². The lowest BCUT2D eigenvalue weighted by atomic mass is 9.96. The predicted octanol–water partition coefficient (Wildman–Crippen LogP) is 1.10. The number of carboxylic acids is 1. The molecule has 0 spiro atoms. The Morgan fingerprint density at radius 3 is 2.38 bits per heavy atom. The number of esters is 2. The van der Waals surface area contributed by atoms with Gasteiger partial charge >= 0.3 is 17.9 Å². The quantitative estimate of drug-likeness (QED) is 0.733. The first-order chi connectivity index (χ1) is 9.86. The number of rotatable bonds is 6. The molecule has 1 heterocycles. The Labute approximate surface area is 122 Å². The standard InChI is InChI=1S/C14H20O7/c1-7(15)19-13(9-3-4-9)11-5-10(6-12(17)18)14(21-11)20-8(2)16/h9-11,13-14H,3-6H2,1-2H3,(H,17,18)/t10-,11+,13?,14?/m1/s1. The van der Waals surface area contributed by atoms with Crippen molar-refractivity contribution in [1.29, 1.82) is 0 Å². The van der Waals surface area contributed by atoms with E-state index in [1.165, 1.54) is 13.8 Å². The van der Waals surface area contributed by atoms with E-state index < -0.39 is 30.3 Å². The van der Waals surface area contributed by atoms with Crippen molar-refractivity contribution in [3.63, 3.8) is 0 Å². The van der Waals surface area contributed by atoms with E-state index >= 15 is 0 Å². The van der Waals surface area contributed by atoms with E-state index in [1.54, 1.807) is 0 Å². The van der Waals surface area contributed by atoms with Gasteiger partial charge in [-0.15, -0.1) is 0 Å². The summed E-state index contributed by atoms with van der Waals surface area (Å²) in [5.41, 5.74) is 0. The van der Waals surface area contributed by atoms with Crippen LogP contribution in [-0.4, -0.2) is 41.5 Å². The highest BCUT2D eigenvalue weighted by molar-refractivity contribution is 5.68. The van der Waals surface area contributed by atoms with Gasteiger partial charge in [0.2, 0.25) is 6.29 Å². The second-order valence-corrected chi connectivity index (χ2v) is 5.66. The van der Waals surface area contributed by atoms with Gasteiger partial charge in [-0.05, 0) is 25.2 Å². The fourth-order valence-electron chi connectivity index (χ4n) is 2.74. The van der Waals surface area contributed by atoms with Gasteiger partial charge in [-0.2, -0.15) is 0 Å². The first-order valence-electron chi connectivity index (χ1n) is 7.08. The summed E-state index contributed by atoms with van der Waals surface area (Å²) < 4.78 is 16.0. The summed E-state index contributed by atoms with van der Waals surface area (Å²) in [6.45, 7) is 2.58. The predicted molar refractivity (Wildman–Crippen MR) is 69.1 cm³/mol. The van der Waals surface area contributed by atoms with Crippen LogP contribution in [0.1, 0.15) is 39.5 Å². The summed E-state index contributed by atoms with van der Waals surface area (Å²) in [5, 5.41) is 8.94. The molecule has 1 saturated carbocycles. The molecule has 0 bridgehead atoms. The number of carbonyl (C=O) groups excluding carboxylic acids is 2. The highest BCUT2D eigenvalue weighted by atomic mass is 16.7. The molecule has 0 amide bonds. The topological polar surface area (TPSA) is 99.1 Å². The van der Waals surface area contributed by atoms with Crippen LogP contribution in [0.25, 0.3) is 0 Å². The molecule has 1 aliphatic heterocycles. The smallest absolute Gasteiger partial charge is 0.304 e. The van der Waals surface area contributed by atoms with Crippen LogP contribution in [0.4, 0.5) is 0 Å². The van der Waals surface area contributed by atoms with Crippen LogP contribution in [0.15, 0.2) is 0 Å². The van der Waals surface area contributed by atoms with Crippen LogP contribution >= 0.6 is 0 Å². The summed E-state index contributed by atoms with van der Waals surface area (Å²) in [6, 6.07) is 0. The van der Waals surface area contributed by atoms with Crippen molar-refractivity contribution in [2.75, 3.05) is 0 Å². The molecule has 7 nitrogen and oxygen atoms in total. The Bertz CT molecular complexity index is 405. The number of ether oxygens (including phenoxy) is 3. The molecule has 1 N–H and O–H groups in total. The minimum absolute atomic E-state index is 0.147. The van der Waals surface area contributed by atoms with Gasteiger partial charge in [-0.25, -0.2) is 0 Å². The second kappa shape index (κ2) is 6.43. The lowest BCUT2D eigenvalue weighted by Gasteiger charge is -2.23. The highest BCUT2D eigenvalue weighted by Gasteiger charge is 2.48. The van der Waals surface area contributed by atoms with Crippen molar-refractivity contribution in [2.45, 2.75) is 58.0 Å². The zero-order valence-corrected chi connectivity index (χ0v) is 12.1. The second-order valence-electron chi connectivity index (χ2n) is 5.66. The van der Waals surface area contributed by atoms with Crippen LogP contribution in [0, 0.1) is 11.8 Å². The molecule has 2 fully saturated rings. The average Bonchev–Trinajstić information content (AvgIpc) is 3.10.